The summed E-state index contributed by atoms with van der Waals surface area (Å²) in [5, 5.41) is 0. The number of nitrogens with zero attached hydrogens (tertiary/aromatic N) is 1. The highest BCUT2D eigenvalue weighted by Gasteiger charge is 2.24. The zero-order valence-electron chi connectivity index (χ0n) is 15.3. The Labute approximate surface area is 156 Å². The van der Waals surface area contributed by atoms with Crippen molar-refractivity contribution in [2.75, 3.05) is 31.6 Å². The molecule has 1 unspecified atom stereocenters. The predicted octanol–water partition coefficient (Wildman–Crippen LogP) is 2.95. The van der Waals surface area contributed by atoms with Crippen molar-refractivity contribution in [2.24, 2.45) is 5.92 Å². The zero-order valence-corrected chi connectivity index (χ0v) is 16.1. The van der Waals surface area contributed by atoms with E-state index in [9.17, 15) is 8.42 Å². The maximum atomic E-state index is 12.3. The molecular formula is C20H26N2O3S. The third-order valence-corrected chi connectivity index (χ3v) is 6.11. The number of ether oxygens (including phenoxy) is 1. The van der Waals surface area contributed by atoms with Gasteiger partial charge in [-0.1, -0.05) is 29.8 Å². The first-order chi connectivity index (χ1) is 12.4. The van der Waals surface area contributed by atoms with Crippen LogP contribution in [-0.2, 0) is 15.8 Å². The predicted molar refractivity (Wildman–Crippen MR) is 105 cm³/mol. The highest BCUT2D eigenvalue weighted by Crippen LogP contribution is 2.25. The molecule has 0 saturated carbocycles. The van der Waals surface area contributed by atoms with Gasteiger partial charge in [0.2, 0.25) is 10.0 Å². The molecule has 0 radical (unpaired) electrons. The van der Waals surface area contributed by atoms with Crippen molar-refractivity contribution in [3.8, 4) is 5.75 Å². The highest BCUT2D eigenvalue weighted by atomic mass is 32.2. The number of aryl methyl sites for hydroxylation is 1. The molecule has 0 aliphatic carbocycles. The van der Waals surface area contributed by atoms with E-state index in [-0.39, 0.29) is 5.75 Å². The summed E-state index contributed by atoms with van der Waals surface area (Å²) in [6, 6.07) is 15.6. The highest BCUT2D eigenvalue weighted by molar-refractivity contribution is 7.88. The lowest BCUT2D eigenvalue weighted by Gasteiger charge is -2.19. The van der Waals surface area contributed by atoms with E-state index in [0.29, 0.717) is 12.5 Å². The lowest BCUT2D eigenvalue weighted by atomic mass is 10.1. The Morgan fingerprint density at radius 2 is 1.81 bits per heavy atom. The zero-order chi connectivity index (χ0) is 18.6. The molecule has 0 spiro atoms. The molecule has 26 heavy (non-hydrogen) atoms. The van der Waals surface area contributed by atoms with Crippen LogP contribution in [0.4, 0.5) is 5.69 Å². The van der Waals surface area contributed by atoms with Crippen molar-refractivity contribution in [3.05, 3.63) is 59.7 Å². The van der Waals surface area contributed by atoms with Gasteiger partial charge in [0.05, 0.1) is 12.9 Å². The van der Waals surface area contributed by atoms with Crippen LogP contribution in [0.15, 0.2) is 48.5 Å². The molecule has 1 aliphatic heterocycles. The van der Waals surface area contributed by atoms with Gasteiger partial charge in [0, 0.05) is 25.3 Å². The van der Waals surface area contributed by atoms with Gasteiger partial charge in [0.25, 0.3) is 0 Å². The Kier molecular flexibility index (Phi) is 5.84. The number of anilines is 1. The van der Waals surface area contributed by atoms with Crippen LogP contribution in [0.3, 0.4) is 0 Å². The van der Waals surface area contributed by atoms with Crippen molar-refractivity contribution in [2.45, 2.75) is 19.1 Å². The van der Waals surface area contributed by atoms with Crippen LogP contribution in [0, 0.1) is 12.8 Å². The molecule has 6 heteroatoms. The molecular weight excluding hydrogens is 348 g/mol. The van der Waals surface area contributed by atoms with E-state index < -0.39 is 10.0 Å². The molecule has 0 aromatic heterocycles. The summed E-state index contributed by atoms with van der Waals surface area (Å²) in [6.07, 6.45) is 0.985. The lowest BCUT2D eigenvalue weighted by molar-refractivity contribution is 0.415. The molecule has 1 heterocycles. The van der Waals surface area contributed by atoms with E-state index in [4.69, 9.17) is 4.74 Å². The van der Waals surface area contributed by atoms with Crippen LogP contribution in [0.25, 0.3) is 0 Å². The van der Waals surface area contributed by atoms with Crippen molar-refractivity contribution in [3.63, 3.8) is 0 Å². The van der Waals surface area contributed by atoms with Gasteiger partial charge in [-0.15, -0.1) is 0 Å². The third-order valence-electron chi connectivity index (χ3n) is 4.79. The summed E-state index contributed by atoms with van der Waals surface area (Å²) in [6.45, 7) is 4.28. The monoisotopic (exact) mass is 374 g/mol. The first-order valence-corrected chi connectivity index (χ1v) is 10.5. The SMILES string of the molecule is COc1ccc(N2CCC(CNS(=O)(=O)Cc3ccc(C)cc3)C2)cc1. The summed E-state index contributed by atoms with van der Waals surface area (Å²) < 4.78 is 32.6. The molecule has 2 aromatic rings. The Morgan fingerprint density at radius 3 is 2.46 bits per heavy atom. The largest absolute Gasteiger partial charge is 0.497 e. The number of methoxy groups -OCH3 is 1. The van der Waals surface area contributed by atoms with E-state index in [1.165, 1.54) is 0 Å². The van der Waals surface area contributed by atoms with Crippen LogP contribution < -0.4 is 14.4 Å². The second-order valence-electron chi connectivity index (χ2n) is 6.89. The first kappa shape index (κ1) is 18.7. The molecule has 1 saturated heterocycles. The van der Waals surface area contributed by atoms with E-state index in [1.54, 1.807) is 7.11 Å². The summed E-state index contributed by atoms with van der Waals surface area (Å²) >= 11 is 0. The molecule has 1 fully saturated rings. The Balaban J connectivity index is 1.51. The number of hydrogen-bond acceptors (Lipinski definition) is 4. The third kappa shape index (κ3) is 4.99. The second kappa shape index (κ2) is 8.10. The number of benzene rings is 2. The van der Waals surface area contributed by atoms with Crippen LogP contribution in [0.1, 0.15) is 17.5 Å². The minimum Gasteiger partial charge on any atom is -0.497 e. The van der Waals surface area contributed by atoms with E-state index in [0.717, 1.165) is 42.1 Å². The number of sulfonamides is 1. The van der Waals surface area contributed by atoms with Crippen LogP contribution in [0.2, 0.25) is 0 Å². The fourth-order valence-corrected chi connectivity index (χ4v) is 4.45. The number of nitrogens with one attached hydrogen (secondary N) is 1. The molecule has 0 bridgehead atoms. The maximum Gasteiger partial charge on any atom is 0.215 e. The first-order valence-electron chi connectivity index (χ1n) is 8.87. The molecule has 1 atom stereocenters. The molecule has 0 amide bonds. The van der Waals surface area contributed by atoms with Gasteiger partial charge < -0.3 is 9.64 Å². The van der Waals surface area contributed by atoms with Gasteiger partial charge in [0.1, 0.15) is 5.75 Å². The van der Waals surface area contributed by atoms with E-state index >= 15 is 0 Å². The number of rotatable bonds is 7. The topological polar surface area (TPSA) is 58.6 Å². The van der Waals surface area contributed by atoms with Crippen molar-refractivity contribution >= 4 is 15.7 Å². The van der Waals surface area contributed by atoms with Crippen molar-refractivity contribution < 1.29 is 13.2 Å². The van der Waals surface area contributed by atoms with Gasteiger partial charge in [-0.05, 0) is 49.1 Å². The second-order valence-corrected chi connectivity index (χ2v) is 8.70. The van der Waals surface area contributed by atoms with Crippen molar-refractivity contribution in [1.29, 1.82) is 0 Å². The van der Waals surface area contributed by atoms with Crippen LogP contribution in [-0.4, -0.2) is 35.2 Å². The molecule has 5 nitrogen and oxygen atoms in total. The molecule has 3 rings (SSSR count). The Hall–Kier alpha value is -2.05. The quantitative estimate of drug-likeness (QED) is 0.810. The molecule has 140 valence electrons. The normalized spacial score (nSPS) is 17.5. The maximum absolute atomic E-state index is 12.3. The van der Waals surface area contributed by atoms with Crippen molar-refractivity contribution in [1.82, 2.24) is 4.72 Å². The molecule has 1 N–H and O–H groups in total. The summed E-state index contributed by atoms with van der Waals surface area (Å²) in [5.41, 5.74) is 3.09. The van der Waals surface area contributed by atoms with Gasteiger partial charge in [0.15, 0.2) is 0 Å². The fraction of sp³-hybridized carbons (Fsp3) is 0.400. The van der Waals surface area contributed by atoms with Gasteiger partial charge >= 0.3 is 0 Å². The summed E-state index contributed by atoms with van der Waals surface area (Å²) in [7, 11) is -1.65. The van der Waals surface area contributed by atoms with E-state index in [1.807, 2.05) is 55.5 Å². The van der Waals surface area contributed by atoms with Crippen LogP contribution in [0.5, 0.6) is 5.75 Å². The van der Waals surface area contributed by atoms with Gasteiger partial charge in [-0.25, -0.2) is 13.1 Å². The van der Waals surface area contributed by atoms with Crippen LogP contribution >= 0.6 is 0 Å². The molecule has 1 aliphatic rings. The standard InChI is InChI=1S/C20H26N2O3S/c1-16-3-5-17(6-4-16)15-26(23,24)21-13-18-11-12-22(14-18)19-7-9-20(25-2)10-8-19/h3-10,18,21H,11-15H2,1-2H3. The fourth-order valence-electron chi connectivity index (χ4n) is 3.23. The average molecular weight is 375 g/mol. The summed E-state index contributed by atoms with van der Waals surface area (Å²) in [4.78, 5) is 2.29. The van der Waals surface area contributed by atoms with E-state index in [2.05, 4.69) is 9.62 Å². The summed E-state index contributed by atoms with van der Waals surface area (Å²) in [5.74, 6) is 1.20. The smallest absolute Gasteiger partial charge is 0.215 e. The Bertz CT molecular complexity index is 817. The lowest BCUT2D eigenvalue weighted by Crippen LogP contribution is -2.31. The van der Waals surface area contributed by atoms with Gasteiger partial charge in [-0.2, -0.15) is 0 Å². The number of hydrogen-bond donors (Lipinski definition) is 1. The van der Waals surface area contributed by atoms with Gasteiger partial charge in [-0.3, -0.25) is 0 Å². The average Bonchev–Trinajstić information content (AvgIpc) is 3.11. The minimum absolute atomic E-state index is 0.0300. The molecule has 2 aromatic carbocycles. The Morgan fingerprint density at radius 1 is 1.12 bits per heavy atom. The minimum atomic E-state index is -3.31.